The first-order valence-corrected chi connectivity index (χ1v) is 10.1. The smallest absolute Gasteiger partial charge is 0.416 e. The lowest BCUT2D eigenvalue weighted by molar-refractivity contribution is -0.137. The van der Waals surface area contributed by atoms with Crippen molar-refractivity contribution in [1.29, 1.82) is 0 Å². The number of halogens is 3. The third-order valence-corrected chi connectivity index (χ3v) is 5.83. The van der Waals surface area contributed by atoms with E-state index < -0.39 is 41.9 Å². The van der Waals surface area contributed by atoms with Gasteiger partial charge in [-0.15, -0.1) is 0 Å². The maximum Gasteiger partial charge on any atom is 0.416 e. The Morgan fingerprint density at radius 1 is 1.12 bits per heavy atom. The number of anilines is 2. The van der Waals surface area contributed by atoms with E-state index in [0.717, 1.165) is 12.1 Å². The van der Waals surface area contributed by atoms with Crippen molar-refractivity contribution < 1.29 is 32.3 Å². The fraction of sp³-hybridized carbons (Fsp3) is 0.318. The largest absolute Gasteiger partial charge is 0.497 e. The molecule has 8 nitrogen and oxygen atoms in total. The number of Topliss-reactive ketones (excluding diaryl/α,β-unsaturated/α-hetero) is 1. The van der Waals surface area contributed by atoms with E-state index in [-0.39, 0.29) is 23.5 Å². The average Bonchev–Trinajstić information content (AvgIpc) is 3.09. The van der Waals surface area contributed by atoms with Crippen molar-refractivity contribution in [1.82, 2.24) is 5.32 Å². The Morgan fingerprint density at radius 2 is 1.79 bits per heavy atom. The maximum atomic E-state index is 13.5. The van der Waals surface area contributed by atoms with E-state index >= 15 is 0 Å². The van der Waals surface area contributed by atoms with Crippen LogP contribution < -0.4 is 25.6 Å². The number of ether oxygens (including phenoxy) is 1. The molecule has 0 radical (unpaired) electrons. The van der Waals surface area contributed by atoms with E-state index in [2.05, 4.69) is 5.32 Å². The lowest BCUT2D eigenvalue weighted by atomic mass is 9.98. The molecule has 2 heterocycles. The SMILES string of the molecule is COc1ccc(C(=O)N2c3cc(C(F)(F)F)ccc3N3[C@@H]2NC(CC(N)=O)C(=O)[C@@H]3C)cc1. The van der Waals surface area contributed by atoms with Gasteiger partial charge < -0.3 is 15.4 Å². The van der Waals surface area contributed by atoms with Crippen molar-refractivity contribution in [2.24, 2.45) is 5.73 Å². The molecule has 4 rings (SSSR count). The number of primary amides is 1. The van der Waals surface area contributed by atoms with Crippen LogP contribution in [-0.4, -0.2) is 43.1 Å². The Balaban J connectivity index is 1.82. The van der Waals surface area contributed by atoms with Crippen molar-refractivity contribution >= 4 is 29.0 Å². The van der Waals surface area contributed by atoms with Crippen LogP contribution in [0.25, 0.3) is 0 Å². The van der Waals surface area contributed by atoms with Gasteiger partial charge in [-0.25, -0.2) is 0 Å². The Morgan fingerprint density at radius 3 is 2.36 bits per heavy atom. The number of fused-ring (bicyclic) bond motifs is 3. The van der Waals surface area contributed by atoms with Gasteiger partial charge in [0, 0.05) is 12.0 Å². The monoisotopic (exact) mass is 462 g/mol. The molecule has 2 aromatic carbocycles. The summed E-state index contributed by atoms with van der Waals surface area (Å²) >= 11 is 0. The van der Waals surface area contributed by atoms with Crippen LogP contribution in [0.1, 0.15) is 29.3 Å². The second-order valence-electron chi connectivity index (χ2n) is 7.85. The van der Waals surface area contributed by atoms with Gasteiger partial charge >= 0.3 is 6.18 Å². The molecule has 11 heteroatoms. The van der Waals surface area contributed by atoms with Crippen LogP contribution in [0.2, 0.25) is 0 Å². The number of methoxy groups -OCH3 is 1. The molecule has 1 saturated heterocycles. The number of nitrogens with one attached hydrogen (secondary N) is 1. The highest BCUT2D eigenvalue weighted by molar-refractivity contribution is 6.11. The zero-order valence-corrected chi connectivity index (χ0v) is 17.7. The number of benzene rings is 2. The minimum absolute atomic E-state index is 0.00233. The predicted octanol–water partition coefficient (Wildman–Crippen LogP) is 2.27. The molecule has 1 unspecified atom stereocenters. The molecule has 174 valence electrons. The number of hydrogen-bond donors (Lipinski definition) is 2. The summed E-state index contributed by atoms with van der Waals surface area (Å²) in [6, 6.07) is 7.35. The molecule has 2 aromatic rings. The first kappa shape index (κ1) is 22.6. The molecule has 0 saturated carbocycles. The van der Waals surface area contributed by atoms with Crippen LogP contribution >= 0.6 is 0 Å². The first-order chi connectivity index (χ1) is 15.5. The van der Waals surface area contributed by atoms with Gasteiger partial charge in [0.2, 0.25) is 5.91 Å². The topological polar surface area (TPSA) is 105 Å². The number of hydrogen-bond acceptors (Lipinski definition) is 6. The van der Waals surface area contributed by atoms with Crippen LogP contribution in [0.3, 0.4) is 0 Å². The molecule has 0 aromatic heterocycles. The third kappa shape index (κ3) is 3.88. The molecule has 0 bridgehead atoms. The normalized spacial score (nSPS) is 22.1. The molecule has 0 spiro atoms. The molecule has 33 heavy (non-hydrogen) atoms. The molecule has 2 aliphatic rings. The van der Waals surface area contributed by atoms with Gasteiger partial charge in [0.15, 0.2) is 12.1 Å². The predicted molar refractivity (Wildman–Crippen MR) is 113 cm³/mol. The molecule has 2 amide bonds. The lowest BCUT2D eigenvalue weighted by Crippen LogP contribution is -2.69. The summed E-state index contributed by atoms with van der Waals surface area (Å²) in [5.74, 6) is -1.15. The van der Waals surface area contributed by atoms with Crippen LogP contribution in [0.15, 0.2) is 42.5 Å². The highest BCUT2D eigenvalue weighted by atomic mass is 19.4. The summed E-state index contributed by atoms with van der Waals surface area (Å²) in [6.45, 7) is 1.58. The van der Waals surface area contributed by atoms with Crippen LogP contribution in [-0.2, 0) is 15.8 Å². The molecule has 1 fully saturated rings. The van der Waals surface area contributed by atoms with E-state index in [0.29, 0.717) is 11.4 Å². The molecular weight excluding hydrogens is 441 g/mol. The number of amides is 2. The quantitative estimate of drug-likeness (QED) is 0.723. The summed E-state index contributed by atoms with van der Waals surface area (Å²) in [6.07, 6.45) is -5.92. The summed E-state index contributed by atoms with van der Waals surface area (Å²) in [7, 11) is 1.47. The molecule has 3 N–H and O–H groups in total. The number of nitrogens with zero attached hydrogens (tertiary/aromatic N) is 2. The zero-order chi connectivity index (χ0) is 24.1. The highest BCUT2D eigenvalue weighted by Gasteiger charge is 2.50. The fourth-order valence-corrected chi connectivity index (χ4v) is 4.22. The Kier molecular flexibility index (Phi) is 5.52. The van der Waals surface area contributed by atoms with Gasteiger partial charge in [-0.05, 0) is 49.4 Å². The van der Waals surface area contributed by atoms with Gasteiger partial charge in [0.25, 0.3) is 5.91 Å². The van der Waals surface area contributed by atoms with Crippen molar-refractivity contribution in [2.75, 3.05) is 16.9 Å². The summed E-state index contributed by atoms with van der Waals surface area (Å²) in [5, 5.41) is 2.93. The van der Waals surface area contributed by atoms with Gasteiger partial charge in [0.05, 0.1) is 36.1 Å². The van der Waals surface area contributed by atoms with Gasteiger partial charge in [-0.3, -0.25) is 24.6 Å². The lowest BCUT2D eigenvalue weighted by Gasteiger charge is -2.43. The maximum absolute atomic E-state index is 13.5. The minimum Gasteiger partial charge on any atom is -0.497 e. The number of rotatable bonds is 4. The first-order valence-electron chi connectivity index (χ1n) is 10.1. The second-order valence-corrected chi connectivity index (χ2v) is 7.85. The van der Waals surface area contributed by atoms with Crippen molar-refractivity contribution in [3.63, 3.8) is 0 Å². The van der Waals surface area contributed by atoms with Crippen LogP contribution in [0, 0.1) is 0 Å². The second kappa shape index (κ2) is 8.07. The highest BCUT2D eigenvalue weighted by Crippen LogP contribution is 2.45. The van der Waals surface area contributed by atoms with Gasteiger partial charge in [0.1, 0.15) is 5.75 Å². The number of ketones is 1. The summed E-state index contributed by atoms with van der Waals surface area (Å²) in [4.78, 5) is 40.5. The zero-order valence-electron chi connectivity index (χ0n) is 17.7. The molecule has 3 atom stereocenters. The van der Waals surface area contributed by atoms with E-state index in [1.54, 1.807) is 19.1 Å². The Hall–Kier alpha value is -3.60. The van der Waals surface area contributed by atoms with Crippen LogP contribution in [0.5, 0.6) is 5.75 Å². The summed E-state index contributed by atoms with van der Waals surface area (Å²) in [5.41, 5.74) is 4.84. The number of carbonyl (C=O) groups is 3. The summed E-state index contributed by atoms with van der Waals surface area (Å²) < 4.78 is 45.5. The Labute approximate surface area is 187 Å². The third-order valence-electron chi connectivity index (χ3n) is 5.83. The standard InChI is InChI=1S/C22H21F3N4O4/c1-11-19(31)15(10-18(26)30)27-21-28(11)16-8-5-13(22(23,24)25)9-17(16)29(21)20(32)12-3-6-14(33-2)7-4-12/h3-9,11,15,21,27H,10H2,1-2H3,(H2,26,30)/t11-,15?,21-/m0/s1. The van der Waals surface area contributed by atoms with Crippen molar-refractivity contribution in [3.8, 4) is 5.75 Å². The Bertz CT molecular complexity index is 1120. The van der Waals surface area contributed by atoms with E-state index in [1.165, 1.54) is 35.1 Å². The number of nitrogens with two attached hydrogens (primary N) is 1. The minimum atomic E-state index is -4.63. The number of carbonyl (C=O) groups excluding carboxylic acids is 3. The average molecular weight is 462 g/mol. The van der Waals surface area contributed by atoms with Crippen molar-refractivity contribution in [3.05, 3.63) is 53.6 Å². The molecular formula is C22H21F3N4O4. The van der Waals surface area contributed by atoms with E-state index in [4.69, 9.17) is 10.5 Å². The number of alkyl halides is 3. The molecule has 0 aliphatic carbocycles. The fourth-order valence-electron chi connectivity index (χ4n) is 4.22. The van der Waals surface area contributed by atoms with Gasteiger partial charge in [-0.1, -0.05) is 0 Å². The molecule has 2 aliphatic heterocycles. The van der Waals surface area contributed by atoms with E-state index in [9.17, 15) is 27.6 Å². The van der Waals surface area contributed by atoms with Gasteiger partial charge in [-0.2, -0.15) is 13.2 Å². The van der Waals surface area contributed by atoms with Crippen LogP contribution in [0.4, 0.5) is 24.5 Å². The van der Waals surface area contributed by atoms with Crippen molar-refractivity contribution in [2.45, 2.75) is 37.9 Å². The van der Waals surface area contributed by atoms with E-state index in [1.807, 2.05) is 0 Å².